The Bertz CT molecular complexity index is 717. The standard InChI is InChI=1S/C15H14F3N3OS/c16-15(17,18)9-21-7-3-6-12(14(21)22)23-13-11-5-2-1-4-10(11)8-19-20-13/h1-2,4-5,8,12H,3,6-7,9H2. The summed E-state index contributed by atoms with van der Waals surface area (Å²) in [6.07, 6.45) is -1.65. The van der Waals surface area contributed by atoms with Crippen LogP contribution in [-0.2, 0) is 4.79 Å². The Morgan fingerprint density at radius 1 is 1.30 bits per heavy atom. The van der Waals surface area contributed by atoms with E-state index in [4.69, 9.17) is 0 Å². The summed E-state index contributed by atoms with van der Waals surface area (Å²) >= 11 is 1.20. The number of fused-ring (bicyclic) bond motifs is 1. The molecule has 8 heteroatoms. The molecule has 1 aromatic carbocycles. The SMILES string of the molecule is O=C1C(Sc2nncc3ccccc23)CCCN1CC(F)(F)F. The third-order valence-electron chi connectivity index (χ3n) is 3.64. The maximum Gasteiger partial charge on any atom is 0.406 e. The summed E-state index contributed by atoms with van der Waals surface area (Å²) in [5, 5.41) is 9.73. The highest BCUT2D eigenvalue weighted by Crippen LogP contribution is 2.33. The first kappa shape index (κ1) is 16.0. The van der Waals surface area contributed by atoms with Gasteiger partial charge in [-0.2, -0.15) is 18.3 Å². The monoisotopic (exact) mass is 341 g/mol. The maximum atomic E-state index is 12.6. The highest BCUT2D eigenvalue weighted by atomic mass is 32.2. The first-order chi connectivity index (χ1) is 10.9. The predicted molar refractivity (Wildman–Crippen MR) is 81.1 cm³/mol. The largest absolute Gasteiger partial charge is 0.406 e. The lowest BCUT2D eigenvalue weighted by Crippen LogP contribution is -2.47. The summed E-state index contributed by atoms with van der Waals surface area (Å²) < 4.78 is 37.7. The number of piperidine rings is 1. The van der Waals surface area contributed by atoms with E-state index < -0.39 is 23.9 Å². The second-order valence-electron chi connectivity index (χ2n) is 5.36. The van der Waals surface area contributed by atoms with Gasteiger partial charge in [-0.3, -0.25) is 4.79 Å². The molecule has 1 aliphatic rings. The van der Waals surface area contributed by atoms with Gasteiger partial charge in [0.1, 0.15) is 11.6 Å². The van der Waals surface area contributed by atoms with E-state index in [1.165, 1.54) is 11.8 Å². The normalized spacial score (nSPS) is 19.3. The van der Waals surface area contributed by atoms with Gasteiger partial charge < -0.3 is 4.90 Å². The van der Waals surface area contributed by atoms with Gasteiger partial charge in [0, 0.05) is 17.3 Å². The summed E-state index contributed by atoms with van der Waals surface area (Å²) in [5.41, 5.74) is 0. The van der Waals surface area contributed by atoms with Crippen LogP contribution in [0.4, 0.5) is 13.2 Å². The molecule has 122 valence electrons. The Morgan fingerprint density at radius 2 is 2.09 bits per heavy atom. The Labute approximate surface area is 135 Å². The predicted octanol–water partition coefficient (Wildman–Crippen LogP) is 3.28. The van der Waals surface area contributed by atoms with Crippen LogP contribution in [0.3, 0.4) is 0 Å². The molecule has 2 heterocycles. The van der Waals surface area contributed by atoms with Crippen molar-refractivity contribution >= 4 is 28.4 Å². The first-order valence-corrected chi connectivity index (χ1v) is 8.04. The summed E-state index contributed by atoms with van der Waals surface area (Å²) in [7, 11) is 0. The highest BCUT2D eigenvalue weighted by Gasteiger charge is 2.37. The van der Waals surface area contributed by atoms with E-state index in [0.717, 1.165) is 15.7 Å². The summed E-state index contributed by atoms with van der Waals surface area (Å²) in [4.78, 5) is 13.2. The first-order valence-electron chi connectivity index (χ1n) is 7.17. The van der Waals surface area contributed by atoms with Crippen LogP contribution in [0.2, 0.25) is 0 Å². The lowest BCUT2D eigenvalue weighted by molar-refractivity contribution is -0.162. The number of carbonyl (C=O) groups is 1. The van der Waals surface area contributed by atoms with Gasteiger partial charge in [0.25, 0.3) is 0 Å². The van der Waals surface area contributed by atoms with Crippen LogP contribution in [0.1, 0.15) is 12.8 Å². The van der Waals surface area contributed by atoms with E-state index in [1.54, 1.807) is 6.20 Å². The second-order valence-corrected chi connectivity index (χ2v) is 6.55. The van der Waals surface area contributed by atoms with Crippen LogP contribution < -0.4 is 0 Å². The molecule has 1 amide bonds. The number of thioether (sulfide) groups is 1. The number of benzene rings is 1. The zero-order valence-electron chi connectivity index (χ0n) is 12.1. The van der Waals surface area contributed by atoms with Gasteiger partial charge >= 0.3 is 6.18 Å². The third kappa shape index (κ3) is 3.74. The average Bonchev–Trinajstić information content (AvgIpc) is 2.50. The number of hydrogen-bond donors (Lipinski definition) is 0. The van der Waals surface area contributed by atoms with Crippen LogP contribution in [0.25, 0.3) is 10.8 Å². The zero-order valence-corrected chi connectivity index (χ0v) is 12.9. The van der Waals surface area contributed by atoms with Crippen molar-refractivity contribution in [3.8, 4) is 0 Å². The van der Waals surface area contributed by atoms with Crippen molar-refractivity contribution in [2.75, 3.05) is 13.1 Å². The van der Waals surface area contributed by atoms with E-state index in [2.05, 4.69) is 10.2 Å². The Kier molecular flexibility index (Phi) is 4.43. The smallest absolute Gasteiger partial charge is 0.333 e. The van der Waals surface area contributed by atoms with Crippen molar-refractivity contribution in [1.29, 1.82) is 0 Å². The molecule has 2 aromatic rings. The van der Waals surface area contributed by atoms with Gasteiger partial charge in [0.15, 0.2) is 0 Å². The summed E-state index contributed by atoms with van der Waals surface area (Å²) in [6, 6.07) is 7.47. The number of alkyl halides is 3. The van der Waals surface area contributed by atoms with Gasteiger partial charge in [-0.05, 0) is 12.8 Å². The van der Waals surface area contributed by atoms with Crippen LogP contribution in [0, 0.1) is 0 Å². The minimum atomic E-state index is -4.37. The Hall–Kier alpha value is -1.83. The molecule has 1 aromatic heterocycles. The number of halogens is 3. The van der Waals surface area contributed by atoms with E-state index in [9.17, 15) is 18.0 Å². The van der Waals surface area contributed by atoms with E-state index in [0.29, 0.717) is 17.9 Å². The van der Waals surface area contributed by atoms with Crippen molar-refractivity contribution in [2.24, 2.45) is 0 Å². The molecule has 3 rings (SSSR count). The number of nitrogens with zero attached hydrogens (tertiary/aromatic N) is 3. The number of carbonyl (C=O) groups excluding carboxylic acids is 1. The van der Waals surface area contributed by atoms with Crippen LogP contribution in [0.15, 0.2) is 35.5 Å². The van der Waals surface area contributed by atoms with Gasteiger partial charge in [0.05, 0.1) is 11.4 Å². The van der Waals surface area contributed by atoms with Crippen molar-refractivity contribution in [2.45, 2.75) is 29.3 Å². The minimum Gasteiger partial charge on any atom is -0.333 e. The van der Waals surface area contributed by atoms with Crippen molar-refractivity contribution in [3.05, 3.63) is 30.5 Å². The minimum absolute atomic E-state index is 0.149. The molecule has 0 aliphatic carbocycles. The lowest BCUT2D eigenvalue weighted by atomic mass is 10.1. The van der Waals surface area contributed by atoms with Crippen LogP contribution in [0.5, 0.6) is 0 Å². The van der Waals surface area contributed by atoms with Crippen LogP contribution >= 0.6 is 11.8 Å². The quantitative estimate of drug-likeness (QED) is 0.860. The lowest BCUT2D eigenvalue weighted by Gasteiger charge is -2.32. The maximum absolute atomic E-state index is 12.6. The molecule has 1 unspecified atom stereocenters. The molecule has 0 saturated carbocycles. The topological polar surface area (TPSA) is 46.1 Å². The molecular weight excluding hydrogens is 327 g/mol. The van der Waals surface area contributed by atoms with Gasteiger partial charge in [0.2, 0.25) is 5.91 Å². The third-order valence-corrected chi connectivity index (χ3v) is 4.89. The number of aromatic nitrogens is 2. The molecule has 23 heavy (non-hydrogen) atoms. The molecule has 1 saturated heterocycles. The average molecular weight is 341 g/mol. The van der Waals surface area contributed by atoms with Crippen molar-refractivity contribution in [1.82, 2.24) is 15.1 Å². The molecule has 1 fully saturated rings. The molecule has 0 spiro atoms. The van der Waals surface area contributed by atoms with E-state index >= 15 is 0 Å². The van der Waals surface area contributed by atoms with Crippen molar-refractivity contribution in [3.63, 3.8) is 0 Å². The van der Waals surface area contributed by atoms with Crippen molar-refractivity contribution < 1.29 is 18.0 Å². The highest BCUT2D eigenvalue weighted by molar-refractivity contribution is 8.00. The van der Waals surface area contributed by atoms with Gasteiger partial charge in [-0.25, -0.2) is 0 Å². The molecule has 0 radical (unpaired) electrons. The number of rotatable bonds is 3. The summed E-state index contributed by atoms with van der Waals surface area (Å²) in [6.45, 7) is -1.04. The second kappa shape index (κ2) is 6.35. The Balaban J connectivity index is 1.80. The zero-order chi connectivity index (χ0) is 16.4. The van der Waals surface area contributed by atoms with Crippen LogP contribution in [-0.4, -0.2) is 45.5 Å². The van der Waals surface area contributed by atoms with E-state index in [1.807, 2.05) is 24.3 Å². The molecule has 0 bridgehead atoms. The van der Waals surface area contributed by atoms with E-state index in [-0.39, 0.29) is 6.54 Å². The Morgan fingerprint density at radius 3 is 2.87 bits per heavy atom. The molecule has 4 nitrogen and oxygen atoms in total. The molecule has 1 aliphatic heterocycles. The fraction of sp³-hybridized carbons (Fsp3) is 0.400. The fourth-order valence-electron chi connectivity index (χ4n) is 2.61. The molecule has 1 atom stereocenters. The molecule has 0 N–H and O–H groups in total. The fourth-order valence-corrected chi connectivity index (χ4v) is 3.82. The molecular formula is C15H14F3N3OS. The van der Waals surface area contributed by atoms with Gasteiger partial charge in [-0.15, -0.1) is 5.10 Å². The van der Waals surface area contributed by atoms with Gasteiger partial charge in [-0.1, -0.05) is 36.0 Å². The number of hydrogen-bond acceptors (Lipinski definition) is 4. The summed E-state index contributed by atoms with van der Waals surface area (Å²) in [5.74, 6) is -0.478. The number of amides is 1. The number of likely N-dealkylation sites (tertiary alicyclic amines) is 1.